The Kier molecular flexibility index (Phi) is 8.04. The summed E-state index contributed by atoms with van der Waals surface area (Å²) >= 11 is 0. The number of aromatic nitrogens is 2. The van der Waals surface area contributed by atoms with E-state index in [1.54, 1.807) is 7.11 Å². The third-order valence-electron chi connectivity index (χ3n) is 5.69. The van der Waals surface area contributed by atoms with E-state index in [9.17, 15) is 4.79 Å². The number of ether oxygens (including phenoxy) is 1. The average Bonchev–Trinajstić information content (AvgIpc) is 3.27. The number of carbonyl (C=O) groups excluding carboxylic acids is 1. The van der Waals surface area contributed by atoms with Crippen LogP contribution in [0.4, 0.5) is 0 Å². The topological polar surface area (TPSA) is 94.2 Å². The summed E-state index contributed by atoms with van der Waals surface area (Å²) in [6, 6.07) is 22.6. The number of nitrogens with two attached hydrogens (primary N) is 1. The van der Waals surface area contributed by atoms with Crippen molar-refractivity contribution in [2.24, 2.45) is 5.73 Å². The normalized spacial score (nSPS) is 11.1. The van der Waals surface area contributed by atoms with Gasteiger partial charge in [-0.3, -0.25) is 4.79 Å². The van der Waals surface area contributed by atoms with Gasteiger partial charge < -0.3 is 25.7 Å². The SMILES string of the molecule is COCCNC(=O)c1cccc(Cn2cnc3ccc(-c4ccc(CNCCN)cc4)cc32)c1. The number of carbonyl (C=O) groups is 1. The number of benzene rings is 3. The van der Waals surface area contributed by atoms with E-state index in [-0.39, 0.29) is 5.91 Å². The molecule has 0 aliphatic carbocycles. The van der Waals surface area contributed by atoms with Crippen molar-refractivity contribution < 1.29 is 9.53 Å². The van der Waals surface area contributed by atoms with E-state index in [0.717, 1.165) is 40.8 Å². The van der Waals surface area contributed by atoms with Crippen LogP contribution >= 0.6 is 0 Å². The van der Waals surface area contributed by atoms with Gasteiger partial charge in [0.25, 0.3) is 5.91 Å². The van der Waals surface area contributed by atoms with Gasteiger partial charge in [0.1, 0.15) is 0 Å². The summed E-state index contributed by atoms with van der Waals surface area (Å²) in [6.07, 6.45) is 1.85. The van der Waals surface area contributed by atoms with E-state index in [1.807, 2.05) is 30.6 Å². The molecule has 176 valence electrons. The molecular weight excluding hydrogens is 426 g/mol. The highest BCUT2D eigenvalue weighted by atomic mass is 16.5. The monoisotopic (exact) mass is 457 g/mol. The zero-order chi connectivity index (χ0) is 23.8. The molecule has 34 heavy (non-hydrogen) atoms. The van der Waals surface area contributed by atoms with Crippen LogP contribution in [0.3, 0.4) is 0 Å². The van der Waals surface area contributed by atoms with Crippen molar-refractivity contribution in [1.29, 1.82) is 0 Å². The second-order valence-corrected chi connectivity index (χ2v) is 8.19. The van der Waals surface area contributed by atoms with Gasteiger partial charge in [0.2, 0.25) is 0 Å². The molecule has 0 unspecified atom stereocenters. The van der Waals surface area contributed by atoms with Crippen LogP contribution in [0.2, 0.25) is 0 Å². The number of rotatable bonds is 11. The zero-order valence-electron chi connectivity index (χ0n) is 19.5. The molecule has 1 heterocycles. The zero-order valence-corrected chi connectivity index (χ0v) is 19.5. The molecule has 0 atom stereocenters. The number of imidazole rings is 1. The average molecular weight is 458 g/mol. The van der Waals surface area contributed by atoms with Crippen LogP contribution in [0.25, 0.3) is 22.2 Å². The molecule has 0 fully saturated rings. The van der Waals surface area contributed by atoms with Crippen molar-refractivity contribution in [1.82, 2.24) is 20.2 Å². The number of methoxy groups -OCH3 is 1. The summed E-state index contributed by atoms with van der Waals surface area (Å²) in [5.74, 6) is -0.0988. The summed E-state index contributed by atoms with van der Waals surface area (Å²) in [4.78, 5) is 17.0. The molecule has 3 aromatic carbocycles. The van der Waals surface area contributed by atoms with Crippen LogP contribution in [0, 0.1) is 0 Å². The van der Waals surface area contributed by atoms with E-state index in [0.29, 0.717) is 31.8 Å². The lowest BCUT2D eigenvalue weighted by molar-refractivity contribution is 0.0937. The van der Waals surface area contributed by atoms with E-state index >= 15 is 0 Å². The third kappa shape index (κ3) is 5.88. The molecule has 0 saturated heterocycles. The van der Waals surface area contributed by atoms with Gasteiger partial charge in [-0.05, 0) is 46.5 Å². The molecule has 0 radical (unpaired) electrons. The van der Waals surface area contributed by atoms with E-state index in [1.165, 1.54) is 5.56 Å². The Labute approximate surface area is 200 Å². The quantitative estimate of drug-likeness (QED) is 0.301. The molecular formula is C27H31N5O2. The fraction of sp³-hybridized carbons (Fsp3) is 0.259. The van der Waals surface area contributed by atoms with Crippen molar-refractivity contribution in [3.63, 3.8) is 0 Å². The smallest absolute Gasteiger partial charge is 0.251 e. The molecule has 4 rings (SSSR count). The minimum atomic E-state index is -0.0988. The lowest BCUT2D eigenvalue weighted by atomic mass is 10.0. The Hall–Kier alpha value is -3.52. The number of nitrogens with one attached hydrogen (secondary N) is 2. The lowest BCUT2D eigenvalue weighted by Crippen LogP contribution is -2.27. The summed E-state index contributed by atoms with van der Waals surface area (Å²) in [5.41, 5.74) is 12.8. The van der Waals surface area contributed by atoms with Crippen LogP contribution in [-0.4, -0.2) is 48.8 Å². The lowest BCUT2D eigenvalue weighted by Gasteiger charge is -2.09. The van der Waals surface area contributed by atoms with Gasteiger partial charge >= 0.3 is 0 Å². The number of hydrogen-bond donors (Lipinski definition) is 3. The second-order valence-electron chi connectivity index (χ2n) is 8.19. The molecule has 0 spiro atoms. The fourth-order valence-electron chi connectivity index (χ4n) is 3.89. The predicted molar refractivity (Wildman–Crippen MR) is 136 cm³/mol. The number of nitrogens with zero attached hydrogens (tertiary/aromatic N) is 2. The maximum atomic E-state index is 12.4. The van der Waals surface area contributed by atoms with Crippen molar-refractivity contribution in [2.45, 2.75) is 13.1 Å². The van der Waals surface area contributed by atoms with E-state index < -0.39 is 0 Å². The number of amides is 1. The summed E-state index contributed by atoms with van der Waals surface area (Å²) in [7, 11) is 1.62. The third-order valence-corrected chi connectivity index (χ3v) is 5.69. The van der Waals surface area contributed by atoms with Crippen LogP contribution < -0.4 is 16.4 Å². The van der Waals surface area contributed by atoms with E-state index in [2.05, 4.69) is 62.6 Å². The Bertz CT molecular complexity index is 1230. The maximum Gasteiger partial charge on any atom is 0.251 e. The first-order valence-corrected chi connectivity index (χ1v) is 11.5. The van der Waals surface area contributed by atoms with Crippen molar-refractivity contribution in [2.75, 3.05) is 33.4 Å². The van der Waals surface area contributed by atoms with Crippen molar-refractivity contribution in [3.05, 3.63) is 89.7 Å². The Morgan fingerprint density at radius 3 is 2.62 bits per heavy atom. The molecule has 4 N–H and O–H groups in total. The minimum Gasteiger partial charge on any atom is -0.383 e. The number of fused-ring (bicyclic) bond motifs is 1. The molecule has 0 aliphatic heterocycles. The Morgan fingerprint density at radius 1 is 1.00 bits per heavy atom. The van der Waals surface area contributed by atoms with E-state index in [4.69, 9.17) is 10.5 Å². The first-order chi connectivity index (χ1) is 16.7. The Morgan fingerprint density at radius 2 is 1.82 bits per heavy atom. The van der Waals surface area contributed by atoms with Crippen molar-refractivity contribution >= 4 is 16.9 Å². The molecule has 1 aromatic heterocycles. The number of hydrogen-bond acceptors (Lipinski definition) is 5. The van der Waals surface area contributed by atoms with Gasteiger partial charge in [-0.2, -0.15) is 0 Å². The standard InChI is InChI=1S/C27H31N5O2/c1-34-14-13-30-27(33)24-4-2-3-21(15-24)18-32-19-31-25-10-9-23(16-26(25)32)22-7-5-20(6-8-22)17-29-12-11-28/h2-10,15-16,19,29H,11-14,17-18,28H2,1H3,(H,30,33). The van der Waals surface area contributed by atoms with Gasteiger partial charge in [-0.1, -0.05) is 42.5 Å². The van der Waals surface area contributed by atoms with Crippen LogP contribution in [0.15, 0.2) is 73.1 Å². The van der Waals surface area contributed by atoms with Gasteiger partial charge in [0.05, 0.1) is 24.0 Å². The highest BCUT2D eigenvalue weighted by Crippen LogP contribution is 2.25. The van der Waals surface area contributed by atoms with Gasteiger partial charge in [0.15, 0.2) is 0 Å². The van der Waals surface area contributed by atoms with Gasteiger partial charge in [-0.25, -0.2) is 4.98 Å². The minimum absolute atomic E-state index is 0.0988. The van der Waals surface area contributed by atoms with Crippen molar-refractivity contribution in [3.8, 4) is 11.1 Å². The van der Waals surface area contributed by atoms with Gasteiger partial charge in [-0.15, -0.1) is 0 Å². The molecule has 0 saturated carbocycles. The first kappa shape index (κ1) is 23.6. The largest absolute Gasteiger partial charge is 0.383 e. The summed E-state index contributed by atoms with van der Waals surface area (Å²) in [5, 5.41) is 6.18. The first-order valence-electron chi connectivity index (χ1n) is 11.5. The van der Waals surface area contributed by atoms with Crippen LogP contribution in [-0.2, 0) is 17.8 Å². The second kappa shape index (κ2) is 11.6. The molecule has 4 aromatic rings. The van der Waals surface area contributed by atoms with Crippen LogP contribution in [0.5, 0.6) is 0 Å². The molecule has 0 aliphatic rings. The summed E-state index contributed by atoms with van der Waals surface area (Å²) < 4.78 is 7.11. The maximum absolute atomic E-state index is 12.4. The molecule has 0 bridgehead atoms. The van der Waals surface area contributed by atoms with Gasteiger partial charge in [0, 0.05) is 45.4 Å². The Balaban J connectivity index is 1.51. The molecule has 1 amide bonds. The highest BCUT2D eigenvalue weighted by Gasteiger charge is 2.09. The fourth-order valence-corrected chi connectivity index (χ4v) is 3.89. The summed E-state index contributed by atoms with van der Waals surface area (Å²) in [6.45, 7) is 3.86. The molecule has 7 nitrogen and oxygen atoms in total. The van der Waals surface area contributed by atoms with Crippen LogP contribution in [0.1, 0.15) is 21.5 Å². The molecule has 7 heteroatoms. The highest BCUT2D eigenvalue weighted by molar-refractivity contribution is 5.94. The predicted octanol–water partition coefficient (Wildman–Crippen LogP) is 3.18.